The first kappa shape index (κ1) is 21.3. The molecule has 0 bridgehead atoms. The van der Waals surface area contributed by atoms with Crippen molar-refractivity contribution < 1.29 is 0 Å². The first-order valence-corrected chi connectivity index (χ1v) is 10.5. The highest BCUT2D eigenvalue weighted by atomic mass is 35.5. The Bertz CT molecular complexity index is 1160. The van der Waals surface area contributed by atoms with Crippen molar-refractivity contribution >= 4 is 46.5 Å². The van der Waals surface area contributed by atoms with Crippen LogP contribution >= 0.6 is 12.4 Å². The minimum absolute atomic E-state index is 0. The Morgan fingerprint density at radius 2 is 1.87 bits per heavy atom. The van der Waals surface area contributed by atoms with Crippen LogP contribution in [0.4, 0.5) is 17.5 Å². The molecule has 0 spiro atoms. The quantitative estimate of drug-likeness (QED) is 0.501. The number of fused-ring (bicyclic) bond motifs is 3. The van der Waals surface area contributed by atoms with Gasteiger partial charge in [0.15, 0.2) is 5.65 Å². The lowest BCUT2D eigenvalue weighted by Crippen LogP contribution is -2.27. The Labute approximate surface area is 187 Å². The van der Waals surface area contributed by atoms with E-state index < -0.39 is 0 Å². The summed E-state index contributed by atoms with van der Waals surface area (Å²) in [6.45, 7) is 8.45. The molecule has 8 nitrogen and oxygen atoms in total. The van der Waals surface area contributed by atoms with Crippen LogP contribution in [0.25, 0.3) is 16.7 Å². The van der Waals surface area contributed by atoms with Gasteiger partial charge in [0.25, 0.3) is 0 Å². The molecule has 31 heavy (non-hydrogen) atoms. The van der Waals surface area contributed by atoms with Gasteiger partial charge in [-0.2, -0.15) is 4.98 Å². The number of nitrogens with one attached hydrogen (secondary N) is 2. The number of imidazole rings is 1. The Morgan fingerprint density at radius 3 is 2.68 bits per heavy atom. The molecule has 1 aliphatic rings. The lowest BCUT2D eigenvalue weighted by molar-refractivity contribution is 0.724. The third-order valence-corrected chi connectivity index (χ3v) is 5.52. The van der Waals surface area contributed by atoms with Crippen molar-refractivity contribution in [3.8, 4) is 0 Å². The highest BCUT2D eigenvalue weighted by Gasteiger charge is 2.13. The summed E-state index contributed by atoms with van der Waals surface area (Å²) in [6, 6.07) is 8.10. The summed E-state index contributed by atoms with van der Waals surface area (Å²) < 4.78 is 2.11. The molecule has 1 aliphatic heterocycles. The second kappa shape index (κ2) is 9.03. The van der Waals surface area contributed by atoms with Crippen LogP contribution < -0.4 is 15.5 Å². The number of halogens is 1. The van der Waals surface area contributed by atoms with Crippen molar-refractivity contribution in [2.75, 3.05) is 36.4 Å². The number of pyridine rings is 2. The van der Waals surface area contributed by atoms with Gasteiger partial charge in [0.05, 0.1) is 11.9 Å². The lowest BCUT2D eigenvalue weighted by atomic mass is 10.1. The Kier molecular flexibility index (Phi) is 6.20. The molecule has 0 atom stereocenters. The summed E-state index contributed by atoms with van der Waals surface area (Å²) in [5.41, 5.74) is 4.02. The van der Waals surface area contributed by atoms with Crippen molar-refractivity contribution in [2.45, 2.75) is 26.2 Å². The van der Waals surface area contributed by atoms with Gasteiger partial charge in [-0.15, -0.1) is 12.4 Å². The van der Waals surface area contributed by atoms with Gasteiger partial charge in [-0.05, 0) is 43.1 Å². The average molecular weight is 439 g/mol. The number of aromatic nitrogens is 5. The van der Waals surface area contributed by atoms with Crippen LogP contribution in [0.1, 0.15) is 31.9 Å². The van der Waals surface area contributed by atoms with E-state index in [-0.39, 0.29) is 12.4 Å². The van der Waals surface area contributed by atoms with Crippen LogP contribution in [0, 0.1) is 0 Å². The molecule has 0 unspecified atom stereocenters. The largest absolute Gasteiger partial charge is 0.369 e. The van der Waals surface area contributed by atoms with Gasteiger partial charge in [0.1, 0.15) is 11.5 Å². The molecule has 4 aromatic heterocycles. The number of anilines is 3. The first-order valence-electron chi connectivity index (χ1n) is 10.5. The second-order valence-corrected chi connectivity index (χ2v) is 7.95. The molecule has 0 aromatic carbocycles. The summed E-state index contributed by atoms with van der Waals surface area (Å²) >= 11 is 0. The fraction of sp³-hybridized carbons (Fsp3) is 0.364. The van der Waals surface area contributed by atoms with Crippen molar-refractivity contribution in [1.29, 1.82) is 0 Å². The maximum Gasteiger partial charge on any atom is 0.230 e. The van der Waals surface area contributed by atoms with Crippen molar-refractivity contribution in [2.24, 2.45) is 0 Å². The van der Waals surface area contributed by atoms with Gasteiger partial charge in [0.2, 0.25) is 5.95 Å². The maximum atomic E-state index is 4.78. The average Bonchev–Trinajstić information content (AvgIpc) is 3.02. The zero-order valence-corrected chi connectivity index (χ0v) is 18.6. The van der Waals surface area contributed by atoms with Crippen LogP contribution in [0.15, 0.2) is 42.9 Å². The third-order valence-electron chi connectivity index (χ3n) is 5.52. The molecular formula is C22H27ClN8. The van der Waals surface area contributed by atoms with Gasteiger partial charge in [-0.25, -0.2) is 15.0 Å². The van der Waals surface area contributed by atoms with E-state index >= 15 is 0 Å². The summed E-state index contributed by atoms with van der Waals surface area (Å²) in [5, 5.41) is 7.65. The van der Waals surface area contributed by atoms with E-state index in [0.717, 1.165) is 66.5 Å². The molecule has 162 valence electrons. The molecular weight excluding hydrogens is 412 g/mol. The van der Waals surface area contributed by atoms with Crippen LogP contribution in [0.2, 0.25) is 0 Å². The Morgan fingerprint density at radius 1 is 0.968 bits per heavy atom. The summed E-state index contributed by atoms with van der Waals surface area (Å²) in [6.07, 6.45) is 6.83. The summed E-state index contributed by atoms with van der Waals surface area (Å²) in [5.74, 6) is 1.60. The molecule has 5 rings (SSSR count). The van der Waals surface area contributed by atoms with Gasteiger partial charge in [-0.3, -0.25) is 4.40 Å². The Hall–Kier alpha value is -2.97. The SMILES string of the molecule is CC(C)c1cnc2ccc3cnc(Nc4ccc(N5CCCNCC5)cn4)nc3n12.Cl. The summed E-state index contributed by atoms with van der Waals surface area (Å²) in [7, 11) is 0. The standard InChI is InChI=1S/C22H26N8.ClH/c1-15(2)18-14-25-20-7-4-16-12-26-22(28-21(16)30(18)20)27-19-6-5-17(13-24-19)29-10-3-8-23-9-11-29;/h4-7,12-15,23H,3,8-11H2,1-2H3,(H,24,26,27,28);1H. The molecule has 0 aliphatic carbocycles. The van der Waals surface area contributed by atoms with Gasteiger partial charge < -0.3 is 15.5 Å². The molecule has 4 aromatic rings. The monoisotopic (exact) mass is 438 g/mol. The smallest absolute Gasteiger partial charge is 0.230 e. The molecule has 0 amide bonds. The van der Waals surface area contributed by atoms with Crippen LogP contribution in [0.5, 0.6) is 0 Å². The fourth-order valence-electron chi connectivity index (χ4n) is 3.90. The topological polar surface area (TPSA) is 83.3 Å². The minimum atomic E-state index is 0. The van der Waals surface area contributed by atoms with Crippen molar-refractivity contribution in [3.63, 3.8) is 0 Å². The fourth-order valence-corrected chi connectivity index (χ4v) is 3.90. The predicted molar refractivity (Wildman–Crippen MR) is 127 cm³/mol. The van der Waals surface area contributed by atoms with Gasteiger partial charge in [0, 0.05) is 43.1 Å². The van der Waals surface area contributed by atoms with Gasteiger partial charge in [-0.1, -0.05) is 13.8 Å². The molecule has 1 saturated heterocycles. The van der Waals surface area contributed by atoms with Crippen LogP contribution in [-0.4, -0.2) is 50.5 Å². The number of hydrogen-bond donors (Lipinski definition) is 2. The van der Waals surface area contributed by atoms with E-state index in [4.69, 9.17) is 4.98 Å². The molecule has 2 N–H and O–H groups in total. The number of rotatable bonds is 4. The summed E-state index contributed by atoms with van der Waals surface area (Å²) in [4.78, 5) is 20.7. The van der Waals surface area contributed by atoms with E-state index in [2.05, 4.69) is 54.8 Å². The van der Waals surface area contributed by atoms with E-state index in [1.54, 1.807) is 0 Å². The van der Waals surface area contributed by atoms with Crippen LogP contribution in [0.3, 0.4) is 0 Å². The maximum absolute atomic E-state index is 4.78. The number of nitrogens with zero attached hydrogens (tertiary/aromatic N) is 6. The molecule has 0 saturated carbocycles. The van der Waals surface area contributed by atoms with E-state index in [1.807, 2.05) is 36.8 Å². The number of hydrogen-bond acceptors (Lipinski definition) is 7. The molecule has 9 heteroatoms. The predicted octanol–water partition coefficient (Wildman–Crippen LogP) is 3.76. The molecule has 1 fully saturated rings. The van der Waals surface area contributed by atoms with E-state index in [0.29, 0.717) is 11.9 Å². The lowest BCUT2D eigenvalue weighted by Gasteiger charge is -2.21. The first-order chi connectivity index (χ1) is 14.7. The minimum Gasteiger partial charge on any atom is -0.369 e. The van der Waals surface area contributed by atoms with Crippen LogP contribution in [-0.2, 0) is 0 Å². The van der Waals surface area contributed by atoms with E-state index in [1.165, 1.54) is 0 Å². The normalized spacial score (nSPS) is 14.6. The highest BCUT2D eigenvalue weighted by Crippen LogP contribution is 2.23. The van der Waals surface area contributed by atoms with Crippen molar-refractivity contribution in [3.05, 3.63) is 48.5 Å². The molecule has 5 heterocycles. The molecule has 0 radical (unpaired) electrons. The van der Waals surface area contributed by atoms with Gasteiger partial charge >= 0.3 is 0 Å². The second-order valence-electron chi connectivity index (χ2n) is 7.95. The zero-order chi connectivity index (χ0) is 20.5. The van der Waals surface area contributed by atoms with E-state index in [9.17, 15) is 0 Å². The van der Waals surface area contributed by atoms with Crippen molar-refractivity contribution in [1.82, 2.24) is 29.7 Å². The highest BCUT2D eigenvalue weighted by molar-refractivity contribution is 5.85. The zero-order valence-electron chi connectivity index (χ0n) is 17.7. The Balaban J connectivity index is 0.00000231. The third kappa shape index (κ3) is 4.26.